The lowest BCUT2D eigenvalue weighted by atomic mass is 9.79. The molecule has 1 fully saturated rings. The molecule has 1 saturated heterocycles. The van der Waals surface area contributed by atoms with Crippen LogP contribution in [-0.4, -0.2) is 53.8 Å². The van der Waals surface area contributed by atoms with Crippen LogP contribution in [0.5, 0.6) is 0 Å². The first-order valence-corrected chi connectivity index (χ1v) is 9.94. The van der Waals surface area contributed by atoms with Crippen LogP contribution in [0, 0.1) is 5.41 Å². The standard InChI is InChI=1S/C23H29N3O2/c1-4-6-21(27)26-14-11-23(17-26,22(28)25(2)3)16-18-7-5-8-20(15-18)19-9-12-24-13-10-19/h5,7-10,12-13,15H,4,6,11,14,16-17H2,1-3H3/t23-/m0/s1. The van der Waals surface area contributed by atoms with Crippen LogP contribution in [0.25, 0.3) is 11.1 Å². The molecule has 1 aliphatic heterocycles. The van der Waals surface area contributed by atoms with Crippen molar-refractivity contribution in [3.8, 4) is 11.1 Å². The molecule has 28 heavy (non-hydrogen) atoms. The predicted octanol–water partition coefficient (Wildman–Crippen LogP) is 3.40. The number of hydrogen-bond acceptors (Lipinski definition) is 3. The lowest BCUT2D eigenvalue weighted by Gasteiger charge is -2.31. The molecule has 0 unspecified atom stereocenters. The van der Waals surface area contributed by atoms with Crippen molar-refractivity contribution in [1.29, 1.82) is 0 Å². The fraction of sp³-hybridized carbons (Fsp3) is 0.435. The highest BCUT2D eigenvalue weighted by Crippen LogP contribution is 2.37. The van der Waals surface area contributed by atoms with Gasteiger partial charge in [-0.05, 0) is 48.1 Å². The summed E-state index contributed by atoms with van der Waals surface area (Å²) in [6, 6.07) is 12.3. The van der Waals surface area contributed by atoms with Gasteiger partial charge in [0.05, 0.1) is 5.41 Å². The van der Waals surface area contributed by atoms with E-state index < -0.39 is 5.41 Å². The van der Waals surface area contributed by atoms with E-state index in [1.165, 1.54) is 0 Å². The van der Waals surface area contributed by atoms with Gasteiger partial charge in [-0.2, -0.15) is 0 Å². The van der Waals surface area contributed by atoms with Crippen LogP contribution in [0.15, 0.2) is 48.8 Å². The van der Waals surface area contributed by atoms with Gasteiger partial charge in [-0.1, -0.05) is 31.2 Å². The number of pyridine rings is 1. The predicted molar refractivity (Wildman–Crippen MR) is 111 cm³/mol. The van der Waals surface area contributed by atoms with Gasteiger partial charge in [-0.25, -0.2) is 0 Å². The van der Waals surface area contributed by atoms with Crippen molar-refractivity contribution >= 4 is 11.8 Å². The third-order valence-electron chi connectivity index (χ3n) is 5.51. The Labute approximate surface area is 167 Å². The third-order valence-corrected chi connectivity index (χ3v) is 5.51. The zero-order valence-electron chi connectivity index (χ0n) is 17.0. The molecule has 1 aromatic carbocycles. The maximum atomic E-state index is 13.1. The summed E-state index contributed by atoms with van der Waals surface area (Å²) in [5.74, 6) is 0.259. The smallest absolute Gasteiger partial charge is 0.230 e. The van der Waals surface area contributed by atoms with Crippen LogP contribution in [0.4, 0.5) is 0 Å². The normalized spacial score (nSPS) is 18.9. The van der Waals surface area contributed by atoms with Crippen LogP contribution in [0.2, 0.25) is 0 Å². The van der Waals surface area contributed by atoms with E-state index in [0.717, 1.165) is 23.1 Å². The molecule has 3 rings (SSSR count). The number of benzene rings is 1. The molecular weight excluding hydrogens is 350 g/mol. The molecular formula is C23H29N3O2. The van der Waals surface area contributed by atoms with Gasteiger partial charge >= 0.3 is 0 Å². The van der Waals surface area contributed by atoms with Crippen LogP contribution < -0.4 is 0 Å². The summed E-state index contributed by atoms with van der Waals surface area (Å²) in [4.78, 5) is 33.2. The molecule has 5 heteroatoms. The molecule has 0 spiro atoms. The maximum Gasteiger partial charge on any atom is 0.230 e. The van der Waals surface area contributed by atoms with Gasteiger partial charge in [0.25, 0.3) is 0 Å². The number of carbonyl (C=O) groups excluding carboxylic acids is 2. The maximum absolute atomic E-state index is 13.1. The van der Waals surface area contributed by atoms with E-state index >= 15 is 0 Å². The Morgan fingerprint density at radius 2 is 1.89 bits per heavy atom. The zero-order valence-corrected chi connectivity index (χ0v) is 17.0. The van der Waals surface area contributed by atoms with E-state index in [1.807, 2.05) is 30.0 Å². The Balaban J connectivity index is 1.87. The lowest BCUT2D eigenvalue weighted by molar-refractivity contribution is -0.139. The number of hydrogen-bond donors (Lipinski definition) is 0. The summed E-state index contributed by atoms with van der Waals surface area (Å²) in [6.07, 6.45) is 6.29. The molecule has 2 heterocycles. The fourth-order valence-corrected chi connectivity index (χ4v) is 4.12. The van der Waals surface area contributed by atoms with Gasteiger partial charge in [0.1, 0.15) is 0 Å². The van der Waals surface area contributed by atoms with Crippen molar-refractivity contribution in [2.75, 3.05) is 27.2 Å². The summed E-state index contributed by atoms with van der Waals surface area (Å²) < 4.78 is 0. The highest BCUT2D eigenvalue weighted by molar-refractivity contribution is 5.85. The van der Waals surface area contributed by atoms with Gasteiger partial charge in [0, 0.05) is 46.0 Å². The van der Waals surface area contributed by atoms with Gasteiger partial charge in [0.2, 0.25) is 11.8 Å². The van der Waals surface area contributed by atoms with Crippen LogP contribution in [-0.2, 0) is 16.0 Å². The summed E-state index contributed by atoms with van der Waals surface area (Å²) >= 11 is 0. The number of nitrogens with zero attached hydrogens (tertiary/aromatic N) is 3. The van der Waals surface area contributed by atoms with E-state index in [-0.39, 0.29) is 11.8 Å². The van der Waals surface area contributed by atoms with Crippen LogP contribution >= 0.6 is 0 Å². The average molecular weight is 380 g/mol. The molecule has 0 N–H and O–H groups in total. The van der Waals surface area contributed by atoms with Crippen molar-refractivity contribution in [1.82, 2.24) is 14.8 Å². The van der Waals surface area contributed by atoms with Gasteiger partial charge in [-0.3, -0.25) is 14.6 Å². The highest BCUT2D eigenvalue weighted by Gasteiger charge is 2.46. The van der Waals surface area contributed by atoms with E-state index in [9.17, 15) is 9.59 Å². The van der Waals surface area contributed by atoms with Crippen LogP contribution in [0.1, 0.15) is 31.7 Å². The van der Waals surface area contributed by atoms with Crippen molar-refractivity contribution in [3.05, 3.63) is 54.4 Å². The SMILES string of the molecule is CCCC(=O)N1CC[C@@](Cc2cccc(-c3ccncc3)c2)(C(=O)N(C)C)C1. The number of carbonyl (C=O) groups is 2. The molecule has 0 bridgehead atoms. The molecule has 2 aromatic rings. The first-order valence-electron chi connectivity index (χ1n) is 9.94. The van der Waals surface area contributed by atoms with Crippen molar-refractivity contribution in [3.63, 3.8) is 0 Å². The van der Waals surface area contributed by atoms with Gasteiger partial charge in [-0.15, -0.1) is 0 Å². The molecule has 1 atom stereocenters. The number of likely N-dealkylation sites (tertiary alicyclic amines) is 1. The van der Waals surface area contributed by atoms with Gasteiger partial charge < -0.3 is 9.80 Å². The largest absolute Gasteiger partial charge is 0.348 e. The minimum Gasteiger partial charge on any atom is -0.348 e. The van der Waals surface area contributed by atoms with Crippen molar-refractivity contribution < 1.29 is 9.59 Å². The van der Waals surface area contributed by atoms with E-state index in [2.05, 4.69) is 23.2 Å². The Morgan fingerprint density at radius 1 is 1.14 bits per heavy atom. The summed E-state index contributed by atoms with van der Waals surface area (Å²) in [5, 5.41) is 0. The minimum atomic E-state index is -0.552. The first-order chi connectivity index (χ1) is 13.4. The third kappa shape index (κ3) is 4.24. The van der Waals surface area contributed by atoms with Gasteiger partial charge in [0.15, 0.2) is 0 Å². The van der Waals surface area contributed by atoms with Crippen molar-refractivity contribution in [2.45, 2.75) is 32.6 Å². The monoisotopic (exact) mass is 379 g/mol. The molecule has 1 aromatic heterocycles. The Morgan fingerprint density at radius 3 is 2.57 bits per heavy atom. The Hall–Kier alpha value is -2.69. The Kier molecular flexibility index (Phi) is 6.12. The second-order valence-corrected chi connectivity index (χ2v) is 7.91. The number of amides is 2. The molecule has 148 valence electrons. The molecule has 5 nitrogen and oxygen atoms in total. The Bertz CT molecular complexity index is 835. The zero-order chi connectivity index (χ0) is 20.1. The first kappa shape index (κ1) is 20.1. The van der Waals surface area contributed by atoms with E-state index in [0.29, 0.717) is 32.4 Å². The van der Waals surface area contributed by atoms with Crippen LogP contribution in [0.3, 0.4) is 0 Å². The molecule has 0 aliphatic carbocycles. The molecule has 0 saturated carbocycles. The second-order valence-electron chi connectivity index (χ2n) is 7.91. The summed E-state index contributed by atoms with van der Waals surface area (Å²) in [6.45, 7) is 3.17. The van der Waals surface area contributed by atoms with E-state index in [1.54, 1.807) is 31.4 Å². The lowest BCUT2D eigenvalue weighted by Crippen LogP contribution is -2.44. The molecule has 2 amide bonds. The highest BCUT2D eigenvalue weighted by atomic mass is 16.2. The molecule has 0 radical (unpaired) electrons. The summed E-state index contributed by atoms with van der Waals surface area (Å²) in [5.41, 5.74) is 2.79. The number of rotatable bonds is 6. The topological polar surface area (TPSA) is 53.5 Å². The van der Waals surface area contributed by atoms with Crippen molar-refractivity contribution in [2.24, 2.45) is 5.41 Å². The second kappa shape index (κ2) is 8.55. The fourth-order valence-electron chi connectivity index (χ4n) is 4.12. The molecule has 1 aliphatic rings. The average Bonchev–Trinajstić information content (AvgIpc) is 3.13. The summed E-state index contributed by atoms with van der Waals surface area (Å²) in [7, 11) is 3.60. The minimum absolute atomic E-state index is 0.105. The number of aromatic nitrogens is 1. The van der Waals surface area contributed by atoms with E-state index in [4.69, 9.17) is 0 Å². The quantitative estimate of drug-likeness (QED) is 0.773.